The van der Waals surface area contributed by atoms with Gasteiger partial charge in [-0.15, -0.1) is 0 Å². The number of ether oxygens (including phenoxy) is 1. The van der Waals surface area contributed by atoms with Crippen molar-refractivity contribution in [1.29, 1.82) is 0 Å². The molecule has 1 aromatic heterocycles. The molecule has 1 heterocycles. The lowest BCUT2D eigenvalue weighted by Crippen LogP contribution is -2.45. The van der Waals surface area contributed by atoms with E-state index in [4.69, 9.17) is 9.84 Å². The normalized spacial score (nSPS) is 12.4. The summed E-state index contributed by atoms with van der Waals surface area (Å²) in [6.45, 7) is 1.22. The van der Waals surface area contributed by atoms with Gasteiger partial charge in [0, 0.05) is 12.3 Å². The summed E-state index contributed by atoms with van der Waals surface area (Å²) >= 11 is 0. The number of hydrogen-bond acceptors (Lipinski definition) is 5. The average molecular weight is 388 g/mol. The average Bonchev–Trinajstić information content (AvgIpc) is 2.60. The molecule has 0 saturated carbocycles. The number of rotatable bonds is 12. The molecule has 0 amide bonds. The fourth-order valence-corrected chi connectivity index (χ4v) is 2.96. The van der Waals surface area contributed by atoms with Crippen LogP contribution in [0.5, 0.6) is 5.88 Å². The van der Waals surface area contributed by atoms with Gasteiger partial charge in [-0.25, -0.2) is 4.98 Å². The molecule has 0 aliphatic heterocycles. The van der Waals surface area contributed by atoms with Gasteiger partial charge in [0.25, 0.3) is 0 Å². The van der Waals surface area contributed by atoms with Crippen LogP contribution in [0.1, 0.15) is 24.8 Å². The Morgan fingerprint density at radius 1 is 1.18 bits per heavy atom. The molecule has 2 rings (SSSR count). The van der Waals surface area contributed by atoms with Crippen LogP contribution in [-0.4, -0.2) is 65.9 Å². The summed E-state index contributed by atoms with van der Waals surface area (Å²) in [4.78, 5) is 19.7. The summed E-state index contributed by atoms with van der Waals surface area (Å²) in [6, 6.07) is 11.8. The van der Waals surface area contributed by atoms with Crippen molar-refractivity contribution in [2.24, 2.45) is 0 Å². The first kappa shape index (κ1) is 21.6. The van der Waals surface area contributed by atoms with Crippen molar-refractivity contribution in [3.8, 4) is 5.88 Å². The fourth-order valence-electron chi connectivity index (χ4n) is 2.96. The molecule has 28 heavy (non-hydrogen) atoms. The van der Waals surface area contributed by atoms with Crippen LogP contribution < -0.4 is 10.1 Å². The van der Waals surface area contributed by atoms with Gasteiger partial charge in [0.2, 0.25) is 11.8 Å². The van der Waals surface area contributed by atoms with Crippen LogP contribution in [0.4, 0.5) is 5.95 Å². The van der Waals surface area contributed by atoms with Gasteiger partial charge in [-0.05, 0) is 24.8 Å². The van der Waals surface area contributed by atoms with Gasteiger partial charge in [-0.1, -0.05) is 30.3 Å². The van der Waals surface area contributed by atoms with E-state index in [0.717, 1.165) is 19.3 Å². The Bertz CT molecular complexity index is 732. The lowest BCUT2D eigenvalue weighted by atomic mass is 10.1. The number of unbranched alkanes of at least 4 members (excludes halogenated alkanes) is 1. The van der Waals surface area contributed by atoms with Crippen molar-refractivity contribution in [2.75, 3.05) is 39.6 Å². The van der Waals surface area contributed by atoms with E-state index in [1.807, 2.05) is 27.2 Å². The van der Waals surface area contributed by atoms with Crippen LogP contribution in [0.2, 0.25) is 0 Å². The first-order valence-electron chi connectivity index (χ1n) is 9.60. The highest BCUT2D eigenvalue weighted by molar-refractivity contribution is 5.68. The largest absolute Gasteiger partial charge is 0.481 e. The summed E-state index contributed by atoms with van der Waals surface area (Å²) in [7, 11) is 6.06. The minimum Gasteiger partial charge on any atom is -0.481 e. The minimum absolute atomic E-state index is 0.00342. The van der Waals surface area contributed by atoms with E-state index in [-0.39, 0.29) is 12.5 Å². The molecule has 152 valence electrons. The van der Waals surface area contributed by atoms with E-state index in [1.54, 1.807) is 12.3 Å². The van der Waals surface area contributed by atoms with Crippen LogP contribution in [0, 0.1) is 0 Å². The topological polar surface area (TPSA) is 84.3 Å². The van der Waals surface area contributed by atoms with Crippen LogP contribution in [0.3, 0.4) is 0 Å². The molecule has 1 aromatic carbocycles. The Morgan fingerprint density at radius 3 is 2.61 bits per heavy atom. The van der Waals surface area contributed by atoms with Crippen LogP contribution in [0.15, 0.2) is 42.6 Å². The molecule has 2 N–H and O–H groups in total. The highest BCUT2D eigenvalue weighted by atomic mass is 16.5. The van der Waals surface area contributed by atoms with Crippen molar-refractivity contribution in [3.05, 3.63) is 48.2 Å². The zero-order valence-electron chi connectivity index (χ0n) is 17.0. The SMILES string of the molecule is C[N+](C)(C)CC(CC(=O)O)Nc1nccc(OCCCCc2ccccc2)n1. The van der Waals surface area contributed by atoms with Crippen molar-refractivity contribution < 1.29 is 19.1 Å². The Morgan fingerprint density at radius 2 is 1.93 bits per heavy atom. The van der Waals surface area contributed by atoms with Gasteiger partial charge in [0.15, 0.2) is 0 Å². The molecule has 1 unspecified atom stereocenters. The highest BCUT2D eigenvalue weighted by Gasteiger charge is 2.22. The van der Waals surface area contributed by atoms with E-state index in [1.165, 1.54) is 5.56 Å². The van der Waals surface area contributed by atoms with E-state index in [9.17, 15) is 4.79 Å². The summed E-state index contributed by atoms with van der Waals surface area (Å²) in [6.07, 6.45) is 4.64. The molecule has 7 heteroatoms. The maximum Gasteiger partial charge on any atom is 0.305 e. The van der Waals surface area contributed by atoms with Gasteiger partial charge >= 0.3 is 5.97 Å². The molecular weight excluding hydrogens is 356 g/mol. The molecule has 0 aliphatic rings. The third-order valence-electron chi connectivity index (χ3n) is 4.10. The van der Waals surface area contributed by atoms with E-state index < -0.39 is 5.97 Å². The van der Waals surface area contributed by atoms with Crippen LogP contribution in [0.25, 0.3) is 0 Å². The number of likely N-dealkylation sites (N-methyl/N-ethyl adjacent to an activating group) is 1. The summed E-state index contributed by atoms with van der Waals surface area (Å²) in [5, 5.41) is 12.3. The van der Waals surface area contributed by atoms with Crippen molar-refractivity contribution in [2.45, 2.75) is 31.7 Å². The van der Waals surface area contributed by atoms with E-state index >= 15 is 0 Å². The molecule has 0 radical (unpaired) electrons. The summed E-state index contributed by atoms with van der Waals surface area (Å²) < 4.78 is 6.38. The maximum absolute atomic E-state index is 11.1. The van der Waals surface area contributed by atoms with Crippen LogP contribution >= 0.6 is 0 Å². The van der Waals surface area contributed by atoms with Crippen molar-refractivity contribution in [3.63, 3.8) is 0 Å². The number of aromatic nitrogens is 2. The number of aliphatic carboxylic acids is 1. The Labute approximate surface area is 167 Å². The first-order chi connectivity index (χ1) is 13.3. The molecule has 0 saturated heterocycles. The van der Waals surface area contributed by atoms with Gasteiger partial charge in [0.1, 0.15) is 0 Å². The second-order valence-corrected chi connectivity index (χ2v) is 7.92. The van der Waals surface area contributed by atoms with Crippen molar-refractivity contribution in [1.82, 2.24) is 9.97 Å². The zero-order chi connectivity index (χ0) is 20.4. The fraction of sp³-hybridized carbons (Fsp3) is 0.476. The summed E-state index contributed by atoms with van der Waals surface area (Å²) in [5.74, 6) is 0.0368. The number of quaternary nitrogens is 1. The monoisotopic (exact) mass is 387 g/mol. The maximum atomic E-state index is 11.1. The number of nitrogens with one attached hydrogen (secondary N) is 1. The number of carboxylic acid groups (broad SMARTS) is 1. The Hall–Kier alpha value is -2.67. The molecule has 2 aromatic rings. The predicted molar refractivity (Wildman–Crippen MR) is 109 cm³/mol. The predicted octanol–water partition coefficient (Wildman–Crippen LogP) is 2.84. The first-order valence-corrected chi connectivity index (χ1v) is 9.60. The number of benzene rings is 1. The zero-order valence-corrected chi connectivity index (χ0v) is 17.0. The highest BCUT2D eigenvalue weighted by Crippen LogP contribution is 2.13. The van der Waals surface area contributed by atoms with Crippen molar-refractivity contribution >= 4 is 11.9 Å². The summed E-state index contributed by atoms with van der Waals surface area (Å²) in [5.41, 5.74) is 1.33. The second-order valence-electron chi connectivity index (χ2n) is 7.92. The minimum atomic E-state index is -0.850. The van der Waals surface area contributed by atoms with Gasteiger partial charge in [-0.3, -0.25) is 4.79 Å². The van der Waals surface area contributed by atoms with E-state index in [0.29, 0.717) is 29.5 Å². The Kier molecular flexibility index (Phi) is 8.19. The third-order valence-corrected chi connectivity index (χ3v) is 4.10. The smallest absolute Gasteiger partial charge is 0.305 e. The lowest BCUT2D eigenvalue weighted by Gasteiger charge is -2.29. The lowest BCUT2D eigenvalue weighted by molar-refractivity contribution is -0.870. The molecule has 0 bridgehead atoms. The molecular formula is C21H31N4O3+. The van der Waals surface area contributed by atoms with Gasteiger partial charge in [0.05, 0.1) is 46.8 Å². The van der Waals surface area contributed by atoms with Gasteiger partial charge < -0.3 is 19.6 Å². The number of carbonyl (C=O) groups is 1. The molecule has 1 atom stereocenters. The number of aryl methyl sites for hydroxylation is 1. The number of nitrogens with zero attached hydrogens (tertiary/aromatic N) is 3. The quantitative estimate of drug-likeness (QED) is 0.430. The molecule has 0 spiro atoms. The standard InChI is InChI=1S/C21H30N4O3/c1-25(2,3)16-18(15-20(26)27)23-21-22-13-12-19(24-21)28-14-8-7-11-17-9-5-4-6-10-17/h4-6,9-10,12-13,18H,7-8,11,14-16H2,1-3H3,(H-,22,23,24,26,27)/p+1. The van der Waals surface area contributed by atoms with Crippen LogP contribution in [-0.2, 0) is 11.2 Å². The van der Waals surface area contributed by atoms with Gasteiger partial charge in [-0.2, -0.15) is 4.98 Å². The second kappa shape index (κ2) is 10.6. The molecule has 0 aliphatic carbocycles. The molecule has 0 fully saturated rings. The number of anilines is 1. The number of hydrogen-bond donors (Lipinski definition) is 2. The third kappa shape index (κ3) is 8.81. The van der Waals surface area contributed by atoms with E-state index in [2.05, 4.69) is 39.6 Å². The molecule has 7 nitrogen and oxygen atoms in total. The number of carboxylic acids is 1. The Balaban J connectivity index is 1.82.